The summed E-state index contributed by atoms with van der Waals surface area (Å²) in [7, 11) is 1.92. The van der Waals surface area contributed by atoms with E-state index in [-0.39, 0.29) is 11.6 Å². The molecule has 0 radical (unpaired) electrons. The Hall–Kier alpha value is -4.00. The normalized spacial score (nSPS) is 10.5. The van der Waals surface area contributed by atoms with Crippen LogP contribution in [-0.2, 0) is 6.54 Å². The standard InChI is InChI=1S/C22H20N6O/c1-27(15-17-14-23-28(16-17)19-10-6-3-7-11-19)21-13-12-20(25-26-21)22(29)24-18-8-4-2-5-9-18/h2-14,16H,15H2,1H3,(H,24,29). The van der Waals surface area contributed by atoms with Gasteiger partial charge in [0.15, 0.2) is 11.5 Å². The lowest BCUT2D eigenvalue weighted by molar-refractivity contribution is 0.102. The van der Waals surface area contributed by atoms with Gasteiger partial charge >= 0.3 is 0 Å². The average molecular weight is 384 g/mol. The van der Waals surface area contributed by atoms with E-state index in [2.05, 4.69) is 20.6 Å². The highest BCUT2D eigenvalue weighted by atomic mass is 16.1. The number of hydrogen-bond acceptors (Lipinski definition) is 5. The van der Waals surface area contributed by atoms with Crippen molar-refractivity contribution in [2.24, 2.45) is 0 Å². The number of nitrogens with one attached hydrogen (secondary N) is 1. The average Bonchev–Trinajstić information content (AvgIpc) is 3.23. The van der Waals surface area contributed by atoms with E-state index >= 15 is 0 Å². The van der Waals surface area contributed by atoms with Crippen molar-refractivity contribution in [1.29, 1.82) is 0 Å². The first-order valence-corrected chi connectivity index (χ1v) is 9.19. The summed E-state index contributed by atoms with van der Waals surface area (Å²) in [6.45, 7) is 0.622. The summed E-state index contributed by atoms with van der Waals surface area (Å²) in [6, 6.07) is 22.7. The van der Waals surface area contributed by atoms with Gasteiger partial charge in [-0.1, -0.05) is 36.4 Å². The van der Waals surface area contributed by atoms with E-state index in [0.29, 0.717) is 12.4 Å². The first-order chi connectivity index (χ1) is 14.2. The molecule has 0 aliphatic heterocycles. The molecular weight excluding hydrogens is 364 g/mol. The van der Waals surface area contributed by atoms with Crippen molar-refractivity contribution in [3.8, 4) is 5.69 Å². The Morgan fingerprint density at radius 1 is 0.966 bits per heavy atom. The van der Waals surface area contributed by atoms with Crippen molar-refractivity contribution in [2.45, 2.75) is 6.54 Å². The van der Waals surface area contributed by atoms with E-state index in [1.54, 1.807) is 12.1 Å². The van der Waals surface area contributed by atoms with Gasteiger partial charge in [-0.3, -0.25) is 4.79 Å². The Kier molecular flexibility index (Phi) is 5.29. The molecule has 0 aliphatic carbocycles. The minimum Gasteiger partial charge on any atom is -0.354 e. The van der Waals surface area contributed by atoms with Crippen molar-refractivity contribution < 1.29 is 4.79 Å². The number of aromatic nitrogens is 4. The van der Waals surface area contributed by atoms with Crippen molar-refractivity contribution in [2.75, 3.05) is 17.3 Å². The van der Waals surface area contributed by atoms with Gasteiger partial charge in [-0.05, 0) is 36.4 Å². The van der Waals surface area contributed by atoms with Gasteiger partial charge in [0.2, 0.25) is 0 Å². The minimum absolute atomic E-state index is 0.267. The lowest BCUT2D eigenvalue weighted by Gasteiger charge is -2.16. The fourth-order valence-electron chi connectivity index (χ4n) is 2.89. The van der Waals surface area contributed by atoms with E-state index in [1.165, 1.54) is 0 Å². The lowest BCUT2D eigenvalue weighted by Crippen LogP contribution is -2.19. The number of hydrogen-bond donors (Lipinski definition) is 1. The van der Waals surface area contributed by atoms with Crippen molar-refractivity contribution in [3.63, 3.8) is 0 Å². The van der Waals surface area contributed by atoms with Gasteiger partial charge in [-0.2, -0.15) is 5.10 Å². The molecule has 1 N–H and O–H groups in total. The van der Waals surface area contributed by atoms with Gasteiger partial charge < -0.3 is 10.2 Å². The topological polar surface area (TPSA) is 75.9 Å². The predicted molar refractivity (Wildman–Crippen MR) is 112 cm³/mol. The summed E-state index contributed by atoms with van der Waals surface area (Å²) < 4.78 is 1.84. The number of nitrogens with zero attached hydrogens (tertiary/aromatic N) is 5. The molecule has 2 heterocycles. The highest BCUT2D eigenvalue weighted by Gasteiger charge is 2.11. The van der Waals surface area contributed by atoms with Crippen LogP contribution in [0.3, 0.4) is 0 Å². The first-order valence-electron chi connectivity index (χ1n) is 9.19. The third-order valence-corrected chi connectivity index (χ3v) is 4.38. The summed E-state index contributed by atoms with van der Waals surface area (Å²) >= 11 is 0. The molecular formula is C22H20N6O. The van der Waals surface area contributed by atoms with E-state index < -0.39 is 0 Å². The number of carbonyl (C=O) groups is 1. The van der Waals surface area contributed by atoms with Crippen LogP contribution in [0.25, 0.3) is 5.69 Å². The van der Waals surface area contributed by atoms with E-state index in [0.717, 1.165) is 16.9 Å². The van der Waals surface area contributed by atoms with E-state index in [9.17, 15) is 4.79 Å². The summed E-state index contributed by atoms with van der Waals surface area (Å²) in [5, 5.41) is 15.5. The first kappa shape index (κ1) is 18.4. The van der Waals surface area contributed by atoms with Crippen LogP contribution in [0.5, 0.6) is 0 Å². The van der Waals surface area contributed by atoms with Crippen LogP contribution in [0.4, 0.5) is 11.5 Å². The van der Waals surface area contributed by atoms with Gasteiger partial charge in [0.05, 0.1) is 11.9 Å². The quantitative estimate of drug-likeness (QED) is 0.550. The minimum atomic E-state index is -0.290. The highest BCUT2D eigenvalue weighted by Crippen LogP contribution is 2.14. The van der Waals surface area contributed by atoms with Crippen molar-refractivity contribution in [3.05, 3.63) is 96.4 Å². The van der Waals surface area contributed by atoms with Crippen molar-refractivity contribution >= 4 is 17.4 Å². The third-order valence-electron chi connectivity index (χ3n) is 4.38. The van der Waals surface area contributed by atoms with Crippen LogP contribution < -0.4 is 10.2 Å². The Balaban J connectivity index is 1.40. The maximum atomic E-state index is 12.3. The molecule has 2 aromatic carbocycles. The van der Waals surface area contributed by atoms with Gasteiger partial charge in [0.1, 0.15) is 0 Å². The van der Waals surface area contributed by atoms with Gasteiger partial charge in [0, 0.05) is 31.0 Å². The number of rotatable bonds is 6. The maximum absolute atomic E-state index is 12.3. The molecule has 0 fully saturated rings. The Morgan fingerprint density at radius 2 is 1.69 bits per heavy atom. The molecule has 0 aliphatic rings. The van der Waals surface area contributed by atoms with Crippen LogP contribution in [0, 0.1) is 0 Å². The molecule has 0 saturated carbocycles. The number of benzene rings is 2. The zero-order valence-electron chi connectivity index (χ0n) is 15.9. The molecule has 4 aromatic rings. The predicted octanol–water partition coefficient (Wildman–Crippen LogP) is 3.55. The third kappa shape index (κ3) is 4.47. The van der Waals surface area contributed by atoms with Crippen molar-refractivity contribution in [1.82, 2.24) is 20.0 Å². The number of anilines is 2. The van der Waals surface area contributed by atoms with Crippen LogP contribution in [0.15, 0.2) is 85.2 Å². The molecule has 2 aromatic heterocycles. The smallest absolute Gasteiger partial charge is 0.276 e. The van der Waals surface area contributed by atoms with Crippen LogP contribution in [0.2, 0.25) is 0 Å². The second-order valence-corrected chi connectivity index (χ2v) is 6.58. The van der Waals surface area contributed by atoms with Gasteiger partial charge in [0.25, 0.3) is 5.91 Å². The van der Waals surface area contributed by atoms with Crippen LogP contribution in [0.1, 0.15) is 16.1 Å². The zero-order chi connectivity index (χ0) is 20.1. The second-order valence-electron chi connectivity index (χ2n) is 6.58. The zero-order valence-corrected chi connectivity index (χ0v) is 15.9. The fraction of sp³-hybridized carbons (Fsp3) is 0.0909. The second kappa shape index (κ2) is 8.35. The monoisotopic (exact) mass is 384 g/mol. The summed E-state index contributed by atoms with van der Waals surface area (Å²) in [6.07, 6.45) is 3.82. The number of para-hydroxylation sites is 2. The van der Waals surface area contributed by atoms with Gasteiger partial charge in [-0.25, -0.2) is 4.68 Å². The molecule has 0 bridgehead atoms. The molecule has 4 rings (SSSR count). The SMILES string of the molecule is CN(Cc1cnn(-c2ccccc2)c1)c1ccc(C(=O)Nc2ccccc2)nn1. The molecule has 0 saturated heterocycles. The Bertz CT molecular complexity index is 1080. The van der Waals surface area contributed by atoms with E-state index in [1.807, 2.05) is 89.7 Å². The molecule has 29 heavy (non-hydrogen) atoms. The molecule has 144 valence electrons. The van der Waals surface area contributed by atoms with Gasteiger partial charge in [-0.15, -0.1) is 10.2 Å². The fourth-order valence-corrected chi connectivity index (χ4v) is 2.89. The highest BCUT2D eigenvalue weighted by molar-refractivity contribution is 6.02. The Labute approximate surface area is 168 Å². The molecule has 1 amide bonds. The summed E-state index contributed by atoms with van der Waals surface area (Å²) in [4.78, 5) is 14.2. The molecule has 7 heteroatoms. The number of amides is 1. The Morgan fingerprint density at radius 3 is 2.38 bits per heavy atom. The number of carbonyl (C=O) groups excluding carboxylic acids is 1. The molecule has 0 unspecified atom stereocenters. The molecule has 0 atom stereocenters. The molecule has 0 spiro atoms. The van der Waals surface area contributed by atoms with E-state index in [4.69, 9.17) is 0 Å². The van der Waals surface area contributed by atoms with Crippen LogP contribution in [-0.4, -0.2) is 32.9 Å². The summed E-state index contributed by atoms with van der Waals surface area (Å²) in [5.74, 6) is 0.385. The lowest BCUT2D eigenvalue weighted by atomic mass is 10.3. The maximum Gasteiger partial charge on any atom is 0.276 e. The van der Waals surface area contributed by atoms with Crippen LogP contribution >= 0.6 is 0 Å². The largest absolute Gasteiger partial charge is 0.354 e. The summed E-state index contributed by atoms with van der Waals surface area (Å²) in [5.41, 5.74) is 3.04. The molecule has 7 nitrogen and oxygen atoms in total.